The van der Waals surface area contributed by atoms with Gasteiger partial charge in [0, 0.05) is 5.92 Å². The van der Waals surface area contributed by atoms with Crippen molar-refractivity contribution in [2.75, 3.05) is 0 Å². The van der Waals surface area contributed by atoms with Crippen molar-refractivity contribution in [1.82, 2.24) is 0 Å². The summed E-state index contributed by atoms with van der Waals surface area (Å²) in [6.07, 6.45) is 13.4. The molecule has 9 heteroatoms. The molecule has 4 fully saturated rings. The Balaban J connectivity index is 1.20. The lowest BCUT2D eigenvalue weighted by Gasteiger charge is -2.46. The monoisotopic (exact) mass is 686 g/mol. The summed E-state index contributed by atoms with van der Waals surface area (Å²) in [5.74, 6) is -2.16. The molecule has 12 atom stereocenters. The Morgan fingerprint density at radius 3 is 1.80 bits per heavy atom. The van der Waals surface area contributed by atoms with Gasteiger partial charge in [-0.05, 0) is 150 Å². The first-order valence-corrected chi connectivity index (χ1v) is 19.2. The fraction of sp³-hybridized carbons (Fsp3) is 0.850. The van der Waals surface area contributed by atoms with Crippen molar-refractivity contribution in [3.8, 4) is 0 Å². The van der Waals surface area contributed by atoms with Crippen LogP contribution in [0.5, 0.6) is 0 Å². The number of epoxide rings is 2. The highest BCUT2D eigenvalue weighted by Gasteiger charge is 2.58. The van der Waals surface area contributed by atoms with Crippen LogP contribution in [0.2, 0.25) is 0 Å². The molecule has 6 rings (SSSR count). The zero-order chi connectivity index (χ0) is 35.4. The molecule has 4 bridgehead atoms. The van der Waals surface area contributed by atoms with Crippen molar-refractivity contribution < 1.29 is 43.9 Å². The standard InChI is InChI=1S/C40H62O9/c1-25-9-7-18-36(3,43)32-23-27(15-20-38(5)30(48-38)13-11-25)29(34(41)46-32)17-22-40(45)28-16-21-39(6)31(49-39)14-12-26(2)10-8-19-37(4,44)33(24-28)47-35(40)42/h9-10,27-33,43-45H,7-8,11-24H2,1-6H3/b25-9-,26-10-/t27-,28-,29?,30-,31-,32-,33-,36+,37+,38+,39+,40?/m1/s1. The van der Waals surface area contributed by atoms with Crippen molar-refractivity contribution in [2.45, 2.75) is 197 Å². The zero-order valence-corrected chi connectivity index (χ0v) is 30.8. The van der Waals surface area contributed by atoms with Crippen LogP contribution in [-0.4, -0.2) is 79.7 Å². The Bertz CT molecular complexity index is 1320. The van der Waals surface area contributed by atoms with E-state index in [-0.39, 0.29) is 48.1 Å². The van der Waals surface area contributed by atoms with E-state index in [1.54, 1.807) is 13.8 Å². The van der Waals surface area contributed by atoms with Gasteiger partial charge in [-0.2, -0.15) is 0 Å². The van der Waals surface area contributed by atoms with Crippen LogP contribution in [0.4, 0.5) is 0 Å². The van der Waals surface area contributed by atoms with Crippen LogP contribution in [0.1, 0.15) is 144 Å². The van der Waals surface area contributed by atoms with E-state index in [2.05, 4.69) is 39.8 Å². The molecule has 6 aliphatic rings. The maximum absolute atomic E-state index is 13.9. The minimum absolute atomic E-state index is 0.0616. The van der Waals surface area contributed by atoms with Crippen molar-refractivity contribution >= 4 is 11.9 Å². The van der Waals surface area contributed by atoms with E-state index in [1.807, 2.05) is 0 Å². The van der Waals surface area contributed by atoms with Gasteiger partial charge in [0.2, 0.25) is 0 Å². The first kappa shape index (κ1) is 37.0. The summed E-state index contributed by atoms with van der Waals surface area (Å²) in [5, 5.41) is 35.3. The number of carbonyl (C=O) groups is 2. The first-order chi connectivity index (χ1) is 22.9. The molecule has 9 nitrogen and oxygen atoms in total. The fourth-order valence-corrected chi connectivity index (χ4v) is 9.43. The average Bonchev–Trinajstić information content (AvgIpc) is 3.90. The lowest BCUT2D eigenvalue weighted by Crippen LogP contribution is -2.58. The van der Waals surface area contributed by atoms with Crippen LogP contribution in [0.25, 0.3) is 0 Å². The van der Waals surface area contributed by atoms with E-state index >= 15 is 0 Å². The summed E-state index contributed by atoms with van der Waals surface area (Å²) in [5.41, 5.74) is -2.18. The second kappa shape index (κ2) is 13.6. The average molecular weight is 687 g/mol. The number of hydrogen-bond donors (Lipinski definition) is 3. The Labute approximate surface area is 293 Å². The first-order valence-electron chi connectivity index (χ1n) is 19.2. The third-order valence-corrected chi connectivity index (χ3v) is 13.6. The number of allylic oxidation sites excluding steroid dienone is 4. The van der Waals surface area contributed by atoms with E-state index in [4.69, 9.17) is 18.9 Å². The summed E-state index contributed by atoms with van der Waals surface area (Å²) >= 11 is 0. The number of hydrogen-bond acceptors (Lipinski definition) is 9. The quantitative estimate of drug-likeness (QED) is 0.175. The minimum Gasteiger partial charge on any atom is -0.459 e. The maximum atomic E-state index is 13.9. The van der Waals surface area contributed by atoms with Crippen LogP contribution in [0.15, 0.2) is 23.3 Å². The molecule has 4 heterocycles. The smallest absolute Gasteiger partial charge is 0.338 e. The van der Waals surface area contributed by atoms with Crippen LogP contribution in [-0.2, 0) is 28.5 Å². The highest BCUT2D eigenvalue weighted by atomic mass is 16.6. The molecule has 49 heavy (non-hydrogen) atoms. The SMILES string of the molecule is C/C1=C/CC[C@](C)(O)[C@H]2C[C@@H](CC[C@]3(C)O[C@@H]3CC1)C(CCC1(O)C(=O)O[C@@H]3C[C@H]1CC[C@]1(C)O[C@@H]1CC/C(C)=C\CC[C@]3(C)O)C(=O)O2. The molecule has 4 saturated heterocycles. The molecule has 0 aromatic carbocycles. The molecule has 276 valence electrons. The van der Waals surface area contributed by atoms with Gasteiger partial charge in [0.25, 0.3) is 0 Å². The highest BCUT2D eigenvalue weighted by molar-refractivity contribution is 5.81. The van der Waals surface area contributed by atoms with Gasteiger partial charge in [0.15, 0.2) is 5.60 Å². The van der Waals surface area contributed by atoms with E-state index in [9.17, 15) is 24.9 Å². The lowest BCUT2D eigenvalue weighted by molar-refractivity contribution is -0.215. The molecule has 0 aromatic rings. The molecule has 0 radical (unpaired) electrons. The second-order valence-corrected chi connectivity index (χ2v) is 17.7. The lowest BCUT2D eigenvalue weighted by atomic mass is 9.69. The van der Waals surface area contributed by atoms with Crippen molar-refractivity contribution in [3.63, 3.8) is 0 Å². The van der Waals surface area contributed by atoms with Gasteiger partial charge in [0.1, 0.15) is 12.2 Å². The number of fused-ring (bicyclic) bond motifs is 6. The Hall–Kier alpha value is -1.78. The fourth-order valence-electron chi connectivity index (χ4n) is 9.43. The molecule has 0 saturated carbocycles. The van der Waals surface area contributed by atoms with Crippen LogP contribution >= 0.6 is 0 Å². The molecule has 0 aromatic heterocycles. The van der Waals surface area contributed by atoms with Crippen LogP contribution < -0.4 is 0 Å². The summed E-state index contributed by atoms with van der Waals surface area (Å²) < 4.78 is 24.3. The van der Waals surface area contributed by atoms with Gasteiger partial charge in [0.05, 0.1) is 40.5 Å². The Morgan fingerprint density at radius 1 is 0.694 bits per heavy atom. The highest BCUT2D eigenvalue weighted by Crippen LogP contribution is 2.50. The van der Waals surface area contributed by atoms with E-state index in [0.717, 1.165) is 38.5 Å². The number of ether oxygens (including phenoxy) is 4. The van der Waals surface area contributed by atoms with Crippen molar-refractivity contribution in [2.24, 2.45) is 17.8 Å². The van der Waals surface area contributed by atoms with E-state index in [0.29, 0.717) is 51.4 Å². The number of esters is 2. The topological polar surface area (TPSA) is 138 Å². The summed E-state index contributed by atoms with van der Waals surface area (Å²) in [6.45, 7) is 12.0. The third kappa shape index (κ3) is 8.01. The summed E-state index contributed by atoms with van der Waals surface area (Å²) in [7, 11) is 0. The van der Waals surface area contributed by atoms with E-state index in [1.165, 1.54) is 11.1 Å². The van der Waals surface area contributed by atoms with Crippen LogP contribution in [0.3, 0.4) is 0 Å². The van der Waals surface area contributed by atoms with Gasteiger partial charge in [-0.15, -0.1) is 0 Å². The minimum atomic E-state index is -1.80. The van der Waals surface area contributed by atoms with E-state index < -0.39 is 46.8 Å². The predicted octanol–water partition coefficient (Wildman–Crippen LogP) is 6.40. The normalized spacial score (nSPS) is 50.3. The summed E-state index contributed by atoms with van der Waals surface area (Å²) in [4.78, 5) is 27.7. The third-order valence-electron chi connectivity index (χ3n) is 13.6. The Morgan fingerprint density at radius 2 is 1.22 bits per heavy atom. The van der Waals surface area contributed by atoms with Gasteiger partial charge in [-0.3, -0.25) is 4.79 Å². The molecule has 2 unspecified atom stereocenters. The van der Waals surface area contributed by atoms with Crippen molar-refractivity contribution in [1.29, 1.82) is 0 Å². The molecule has 2 aliphatic carbocycles. The maximum Gasteiger partial charge on any atom is 0.338 e. The molecular weight excluding hydrogens is 624 g/mol. The molecule has 4 aliphatic heterocycles. The van der Waals surface area contributed by atoms with Gasteiger partial charge in [-0.25, -0.2) is 4.79 Å². The predicted molar refractivity (Wildman–Crippen MR) is 184 cm³/mol. The molecule has 3 N–H and O–H groups in total. The number of carbonyl (C=O) groups excluding carboxylic acids is 2. The van der Waals surface area contributed by atoms with Gasteiger partial charge in [-0.1, -0.05) is 23.3 Å². The second-order valence-electron chi connectivity index (χ2n) is 17.7. The van der Waals surface area contributed by atoms with Gasteiger partial charge >= 0.3 is 11.9 Å². The molecule has 0 spiro atoms. The Kier molecular flexibility index (Phi) is 10.3. The largest absolute Gasteiger partial charge is 0.459 e. The zero-order valence-electron chi connectivity index (χ0n) is 30.8. The number of aliphatic hydroxyl groups is 3. The molecular formula is C40H62O9. The van der Waals surface area contributed by atoms with Crippen LogP contribution in [0, 0.1) is 17.8 Å². The van der Waals surface area contributed by atoms with Gasteiger partial charge < -0.3 is 34.3 Å². The molecule has 0 amide bonds. The van der Waals surface area contributed by atoms with Crippen molar-refractivity contribution in [3.05, 3.63) is 23.3 Å². The number of rotatable bonds is 3. The summed E-state index contributed by atoms with van der Waals surface area (Å²) in [6, 6.07) is 0.